The number of amides is 2. The second-order valence-electron chi connectivity index (χ2n) is 5.16. The molecule has 2 heterocycles. The van der Waals surface area contributed by atoms with Gasteiger partial charge in [-0.25, -0.2) is 4.79 Å². The van der Waals surface area contributed by atoms with Crippen LogP contribution in [-0.2, 0) is 14.3 Å². The largest absolute Gasteiger partial charge is 0.486 e. The zero-order chi connectivity index (χ0) is 17.3. The number of thiocarbonyl (C=S) groups is 1. The first kappa shape index (κ1) is 15.9. The Morgan fingerprint density at radius 1 is 1.21 bits per heavy atom. The van der Waals surface area contributed by atoms with E-state index in [2.05, 4.69) is 10.6 Å². The van der Waals surface area contributed by atoms with Crippen LogP contribution in [0.4, 0.5) is 0 Å². The lowest BCUT2D eigenvalue weighted by atomic mass is 10.1. The second kappa shape index (κ2) is 6.25. The van der Waals surface area contributed by atoms with Crippen LogP contribution < -0.4 is 10.6 Å². The molecule has 2 aliphatic rings. The molecule has 122 valence electrons. The van der Waals surface area contributed by atoms with Gasteiger partial charge >= 0.3 is 5.97 Å². The smallest absolute Gasteiger partial charge is 0.335 e. The molecule has 2 aliphatic heterocycles. The maximum Gasteiger partial charge on any atom is 0.335 e. The van der Waals surface area contributed by atoms with Crippen LogP contribution in [0.2, 0.25) is 0 Å². The SMILES string of the molecule is O=C1NC(=S)NC(=O)C1=CC1CC=C(c2ccc(C(=O)O)cc2)O1. The van der Waals surface area contributed by atoms with Crippen molar-refractivity contribution in [2.24, 2.45) is 0 Å². The van der Waals surface area contributed by atoms with Crippen LogP contribution in [0.1, 0.15) is 22.3 Å². The standard InChI is InChI=1S/C16H12N2O5S/c19-13-11(14(20)18-16(24)17-13)7-10-5-6-12(23-10)8-1-3-9(4-2-8)15(21)22/h1-4,6-7,10H,5H2,(H,21,22)(H2,17,18,19,20,24). The van der Waals surface area contributed by atoms with Gasteiger partial charge in [-0.2, -0.15) is 0 Å². The number of carbonyl (C=O) groups is 3. The van der Waals surface area contributed by atoms with Gasteiger partial charge in [-0.05, 0) is 36.5 Å². The number of hydrogen-bond acceptors (Lipinski definition) is 5. The summed E-state index contributed by atoms with van der Waals surface area (Å²) in [5, 5.41) is 13.6. The minimum Gasteiger partial charge on any atom is -0.486 e. The number of ether oxygens (including phenoxy) is 1. The Labute approximate surface area is 142 Å². The third-order valence-corrected chi connectivity index (χ3v) is 3.73. The number of carbonyl (C=O) groups excluding carboxylic acids is 2. The summed E-state index contributed by atoms with van der Waals surface area (Å²) in [5.41, 5.74) is 0.853. The average molecular weight is 344 g/mol. The van der Waals surface area contributed by atoms with Crippen molar-refractivity contribution < 1.29 is 24.2 Å². The minimum atomic E-state index is -1.00. The maximum atomic E-state index is 11.8. The van der Waals surface area contributed by atoms with Crippen LogP contribution in [0.15, 0.2) is 42.0 Å². The Morgan fingerprint density at radius 2 is 1.83 bits per heavy atom. The number of aromatic carboxylic acids is 1. The highest BCUT2D eigenvalue weighted by molar-refractivity contribution is 7.80. The van der Waals surface area contributed by atoms with E-state index >= 15 is 0 Å². The highest BCUT2D eigenvalue weighted by atomic mass is 32.1. The van der Waals surface area contributed by atoms with Crippen LogP contribution >= 0.6 is 12.2 Å². The highest BCUT2D eigenvalue weighted by Crippen LogP contribution is 2.28. The van der Waals surface area contributed by atoms with Gasteiger partial charge in [0, 0.05) is 12.0 Å². The van der Waals surface area contributed by atoms with Gasteiger partial charge in [-0.3, -0.25) is 20.2 Å². The van der Waals surface area contributed by atoms with Crippen molar-refractivity contribution in [3.63, 3.8) is 0 Å². The number of carboxylic acid groups (broad SMARTS) is 1. The molecule has 1 saturated heterocycles. The summed E-state index contributed by atoms with van der Waals surface area (Å²) in [6, 6.07) is 6.25. The third kappa shape index (κ3) is 3.18. The van der Waals surface area contributed by atoms with E-state index < -0.39 is 23.9 Å². The van der Waals surface area contributed by atoms with E-state index in [-0.39, 0.29) is 16.2 Å². The summed E-state index contributed by atoms with van der Waals surface area (Å²) in [6.45, 7) is 0. The first-order valence-electron chi connectivity index (χ1n) is 7.03. The van der Waals surface area contributed by atoms with E-state index in [1.165, 1.54) is 18.2 Å². The van der Waals surface area contributed by atoms with Crippen molar-refractivity contribution in [3.8, 4) is 0 Å². The molecule has 3 N–H and O–H groups in total. The molecule has 1 aromatic carbocycles. The average Bonchev–Trinajstić information content (AvgIpc) is 2.99. The number of benzene rings is 1. The summed E-state index contributed by atoms with van der Waals surface area (Å²) >= 11 is 4.73. The Kier molecular flexibility index (Phi) is 4.13. The lowest BCUT2D eigenvalue weighted by molar-refractivity contribution is -0.123. The van der Waals surface area contributed by atoms with Crippen molar-refractivity contribution in [3.05, 3.63) is 53.1 Å². The zero-order valence-corrected chi connectivity index (χ0v) is 13.1. The van der Waals surface area contributed by atoms with Crippen LogP contribution in [0.5, 0.6) is 0 Å². The van der Waals surface area contributed by atoms with Gasteiger partial charge in [0.05, 0.1) is 5.56 Å². The molecule has 0 bridgehead atoms. The summed E-state index contributed by atoms with van der Waals surface area (Å²) in [6.07, 6.45) is 3.30. The molecular weight excluding hydrogens is 332 g/mol. The fourth-order valence-corrected chi connectivity index (χ4v) is 2.55. The molecule has 0 radical (unpaired) electrons. The molecule has 8 heteroatoms. The fourth-order valence-electron chi connectivity index (χ4n) is 2.36. The Bertz CT molecular complexity index is 788. The summed E-state index contributed by atoms with van der Waals surface area (Å²) < 4.78 is 5.72. The summed E-state index contributed by atoms with van der Waals surface area (Å²) in [4.78, 5) is 34.5. The molecule has 0 aliphatic carbocycles. The third-order valence-electron chi connectivity index (χ3n) is 3.53. The van der Waals surface area contributed by atoms with E-state index in [0.717, 1.165) is 5.56 Å². The molecule has 1 unspecified atom stereocenters. The van der Waals surface area contributed by atoms with Gasteiger partial charge in [0.1, 0.15) is 17.4 Å². The molecule has 0 spiro atoms. The quantitative estimate of drug-likeness (QED) is 0.429. The van der Waals surface area contributed by atoms with E-state index in [4.69, 9.17) is 22.1 Å². The number of carboxylic acids is 1. The van der Waals surface area contributed by atoms with Gasteiger partial charge < -0.3 is 9.84 Å². The summed E-state index contributed by atoms with van der Waals surface area (Å²) in [5.74, 6) is -1.56. The van der Waals surface area contributed by atoms with Crippen LogP contribution in [0.3, 0.4) is 0 Å². The maximum absolute atomic E-state index is 11.8. The Hall–Kier alpha value is -3.00. The Morgan fingerprint density at radius 3 is 2.42 bits per heavy atom. The van der Waals surface area contributed by atoms with Crippen molar-refractivity contribution in [2.45, 2.75) is 12.5 Å². The van der Waals surface area contributed by atoms with Crippen molar-refractivity contribution in [1.29, 1.82) is 0 Å². The fraction of sp³-hybridized carbons (Fsp3) is 0.125. The van der Waals surface area contributed by atoms with Crippen LogP contribution in [-0.4, -0.2) is 34.1 Å². The molecule has 3 rings (SSSR count). The molecule has 7 nitrogen and oxygen atoms in total. The molecule has 1 aromatic rings. The monoisotopic (exact) mass is 344 g/mol. The Balaban J connectivity index is 1.71. The lowest BCUT2D eigenvalue weighted by Gasteiger charge is -2.18. The molecular formula is C16H12N2O5S. The predicted octanol–water partition coefficient (Wildman–Crippen LogP) is 0.972. The first-order chi connectivity index (χ1) is 11.4. The molecule has 1 atom stereocenters. The molecule has 1 fully saturated rings. The minimum absolute atomic E-state index is 0.0215. The van der Waals surface area contributed by atoms with E-state index in [9.17, 15) is 14.4 Å². The predicted molar refractivity (Wildman–Crippen MR) is 87.8 cm³/mol. The van der Waals surface area contributed by atoms with Gasteiger partial charge in [-0.1, -0.05) is 12.1 Å². The number of rotatable bonds is 3. The van der Waals surface area contributed by atoms with Gasteiger partial charge in [0.2, 0.25) is 0 Å². The normalized spacial score (nSPS) is 20.0. The zero-order valence-electron chi connectivity index (χ0n) is 12.2. The van der Waals surface area contributed by atoms with Gasteiger partial charge in [0.25, 0.3) is 11.8 Å². The highest BCUT2D eigenvalue weighted by Gasteiger charge is 2.28. The van der Waals surface area contributed by atoms with E-state index in [0.29, 0.717) is 12.2 Å². The molecule has 0 saturated carbocycles. The molecule has 0 aromatic heterocycles. The van der Waals surface area contributed by atoms with Gasteiger partial charge in [0.15, 0.2) is 5.11 Å². The van der Waals surface area contributed by atoms with Crippen LogP contribution in [0, 0.1) is 0 Å². The van der Waals surface area contributed by atoms with Gasteiger partial charge in [-0.15, -0.1) is 0 Å². The van der Waals surface area contributed by atoms with Crippen molar-refractivity contribution >= 4 is 40.9 Å². The molecule has 24 heavy (non-hydrogen) atoms. The second-order valence-corrected chi connectivity index (χ2v) is 5.57. The molecule has 2 amide bonds. The lowest BCUT2D eigenvalue weighted by Crippen LogP contribution is -2.51. The number of nitrogens with one attached hydrogen (secondary N) is 2. The van der Waals surface area contributed by atoms with E-state index in [1.807, 2.05) is 6.08 Å². The van der Waals surface area contributed by atoms with Crippen LogP contribution in [0.25, 0.3) is 5.76 Å². The van der Waals surface area contributed by atoms with Crippen molar-refractivity contribution in [2.75, 3.05) is 0 Å². The topological polar surface area (TPSA) is 105 Å². The number of hydrogen-bond donors (Lipinski definition) is 3. The van der Waals surface area contributed by atoms with E-state index in [1.54, 1.807) is 12.1 Å². The first-order valence-corrected chi connectivity index (χ1v) is 7.44. The van der Waals surface area contributed by atoms with Crippen molar-refractivity contribution in [1.82, 2.24) is 10.6 Å². The summed E-state index contributed by atoms with van der Waals surface area (Å²) in [7, 11) is 0.